The van der Waals surface area contributed by atoms with Gasteiger partial charge in [-0.25, -0.2) is 0 Å². The molecule has 0 saturated carbocycles. The van der Waals surface area contributed by atoms with E-state index in [0.717, 1.165) is 26.2 Å². The third kappa shape index (κ3) is 9.47. The lowest BCUT2D eigenvalue weighted by molar-refractivity contribution is 0.0699. The first-order chi connectivity index (χ1) is 7.97. The minimum Gasteiger partial charge on any atom is -0.391 e. The summed E-state index contributed by atoms with van der Waals surface area (Å²) in [5.74, 6) is 0.639. The Morgan fingerprint density at radius 3 is 2.29 bits per heavy atom. The predicted molar refractivity (Wildman–Crippen MR) is 75.4 cm³/mol. The first kappa shape index (κ1) is 16.8. The van der Waals surface area contributed by atoms with Gasteiger partial charge >= 0.3 is 0 Å². The Bertz CT molecular complexity index is 213. The highest BCUT2D eigenvalue weighted by Gasteiger charge is 2.09. The van der Waals surface area contributed by atoms with Crippen molar-refractivity contribution in [3.63, 3.8) is 0 Å². The highest BCUT2D eigenvalue weighted by atomic mass is 32.1. The van der Waals surface area contributed by atoms with E-state index in [9.17, 15) is 0 Å². The molecule has 17 heavy (non-hydrogen) atoms. The Hall–Kier alpha value is -0.230. The Morgan fingerprint density at radius 1 is 1.24 bits per heavy atom. The molecule has 0 saturated heterocycles. The molecule has 0 aromatic carbocycles. The second kappa shape index (κ2) is 9.76. The van der Waals surface area contributed by atoms with Crippen LogP contribution in [0.5, 0.6) is 0 Å². The SMILES string of the molecule is COCCN(CCOC(C)C(N)=S)CC(C)C. The number of hydrogen-bond acceptors (Lipinski definition) is 4. The molecule has 4 nitrogen and oxygen atoms in total. The molecule has 0 aliphatic rings. The quantitative estimate of drug-likeness (QED) is 0.601. The lowest BCUT2D eigenvalue weighted by Gasteiger charge is -2.24. The van der Waals surface area contributed by atoms with Gasteiger partial charge in [-0.05, 0) is 12.8 Å². The van der Waals surface area contributed by atoms with E-state index in [1.165, 1.54) is 0 Å². The van der Waals surface area contributed by atoms with E-state index in [-0.39, 0.29) is 6.10 Å². The van der Waals surface area contributed by atoms with Crippen LogP contribution in [0.4, 0.5) is 0 Å². The van der Waals surface area contributed by atoms with Gasteiger partial charge in [0.2, 0.25) is 0 Å². The van der Waals surface area contributed by atoms with Crippen molar-refractivity contribution >= 4 is 17.2 Å². The van der Waals surface area contributed by atoms with Gasteiger partial charge in [-0.3, -0.25) is 4.90 Å². The van der Waals surface area contributed by atoms with Crippen LogP contribution in [0.1, 0.15) is 20.8 Å². The van der Waals surface area contributed by atoms with Crippen LogP contribution >= 0.6 is 12.2 Å². The second-order valence-corrected chi connectivity index (χ2v) is 5.07. The Kier molecular flexibility index (Phi) is 9.63. The molecule has 0 fully saturated rings. The maximum Gasteiger partial charge on any atom is 0.104 e. The van der Waals surface area contributed by atoms with Gasteiger partial charge in [0.25, 0.3) is 0 Å². The topological polar surface area (TPSA) is 47.7 Å². The van der Waals surface area contributed by atoms with Gasteiger partial charge in [0, 0.05) is 26.7 Å². The normalized spacial score (nSPS) is 13.3. The fourth-order valence-electron chi connectivity index (χ4n) is 1.47. The predicted octanol–water partition coefficient (Wildman–Crippen LogP) is 1.28. The van der Waals surface area contributed by atoms with E-state index in [2.05, 4.69) is 18.7 Å². The van der Waals surface area contributed by atoms with Gasteiger partial charge in [-0.1, -0.05) is 26.1 Å². The zero-order valence-electron chi connectivity index (χ0n) is 11.4. The van der Waals surface area contributed by atoms with E-state index in [1.807, 2.05) is 6.92 Å². The third-order valence-corrected chi connectivity index (χ3v) is 2.74. The molecule has 0 amide bonds. The Morgan fingerprint density at radius 2 is 1.82 bits per heavy atom. The van der Waals surface area contributed by atoms with E-state index in [4.69, 9.17) is 27.4 Å². The van der Waals surface area contributed by atoms with Crippen LogP contribution in [0.2, 0.25) is 0 Å². The second-order valence-electron chi connectivity index (χ2n) is 4.60. The summed E-state index contributed by atoms with van der Waals surface area (Å²) < 4.78 is 10.6. The molecule has 0 aliphatic carbocycles. The lowest BCUT2D eigenvalue weighted by Crippen LogP contribution is -2.36. The number of nitrogens with two attached hydrogens (primary N) is 1. The van der Waals surface area contributed by atoms with Crippen molar-refractivity contribution in [3.8, 4) is 0 Å². The fourth-order valence-corrected chi connectivity index (χ4v) is 1.54. The summed E-state index contributed by atoms with van der Waals surface area (Å²) in [5.41, 5.74) is 5.49. The van der Waals surface area contributed by atoms with Crippen LogP contribution in [-0.2, 0) is 9.47 Å². The monoisotopic (exact) mass is 262 g/mol. The zero-order chi connectivity index (χ0) is 13.3. The van der Waals surface area contributed by atoms with E-state index in [0.29, 0.717) is 17.5 Å². The fraction of sp³-hybridized carbons (Fsp3) is 0.917. The Balaban J connectivity index is 3.85. The number of methoxy groups -OCH3 is 1. The van der Waals surface area contributed by atoms with Gasteiger partial charge in [0.1, 0.15) is 11.1 Å². The lowest BCUT2D eigenvalue weighted by atomic mass is 10.2. The smallest absolute Gasteiger partial charge is 0.104 e. The molecule has 5 heteroatoms. The molecule has 0 spiro atoms. The number of hydrogen-bond donors (Lipinski definition) is 1. The largest absolute Gasteiger partial charge is 0.391 e. The molecule has 0 bridgehead atoms. The summed E-state index contributed by atoms with van der Waals surface area (Å²) in [5, 5.41) is 0. The highest BCUT2D eigenvalue weighted by Crippen LogP contribution is 1.99. The highest BCUT2D eigenvalue weighted by molar-refractivity contribution is 7.80. The van der Waals surface area contributed by atoms with E-state index in [1.54, 1.807) is 7.11 Å². The molecule has 0 aliphatic heterocycles. The molecule has 0 aromatic rings. The standard InChI is InChI=1S/C12H26N2O2S/c1-10(2)9-14(5-7-15-4)6-8-16-11(3)12(13)17/h10-11H,5-9H2,1-4H3,(H2,13,17). The summed E-state index contributed by atoms with van der Waals surface area (Å²) in [6, 6.07) is 0. The van der Waals surface area contributed by atoms with Crippen molar-refractivity contribution in [1.29, 1.82) is 0 Å². The molecule has 0 heterocycles. The summed E-state index contributed by atoms with van der Waals surface area (Å²) in [6.45, 7) is 10.6. The summed E-state index contributed by atoms with van der Waals surface area (Å²) in [6.07, 6.45) is -0.145. The van der Waals surface area contributed by atoms with Gasteiger partial charge in [0.05, 0.1) is 13.2 Å². The van der Waals surface area contributed by atoms with Gasteiger partial charge < -0.3 is 15.2 Å². The maximum atomic E-state index is 5.55. The van der Waals surface area contributed by atoms with Crippen LogP contribution in [0.15, 0.2) is 0 Å². The van der Waals surface area contributed by atoms with Crippen molar-refractivity contribution in [1.82, 2.24) is 4.90 Å². The number of thiocarbonyl (C=S) groups is 1. The summed E-state index contributed by atoms with van der Waals surface area (Å²) >= 11 is 4.86. The summed E-state index contributed by atoms with van der Waals surface area (Å²) in [4.78, 5) is 2.75. The van der Waals surface area contributed by atoms with Crippen molar-refractivity contribution in [2.45, 2.75) is 26.9 Å². The van der Waals surface area contributed by atoms with Crippen LogP contribution in [0.3, 0.4) is 0 Å². The number of rotatable bonds is 10. The molecular formula is C12H26N2O2S. The van der Waals surface area contributed by atoms with Crippen LogP contribution < -0.4 is 5.73 Å². The summed E-state index contributed by atoms with van der Waals surface area (Å²) in [7, 11) is 1.72. The van der Waals surface area contributed by atoms with Crippen molar-refractivity contribution in [2.75, 3.05) is 40.0 Å². The van der Waals surface area contributed by atoms with Crippen LogP contribution in [-0.4, -0.2) is 56.0 Å². The molecule has 102 valence electrons. The van der Waals surface area contributed by atoms with E-state index >= 15 is 0 Å². The van der Waals surface area contributed by atoms with Crippen molar-refractivity contribution < 1.29 is 9.47 Å². The molecule has 0 aromatic heterocycles. The first-order valence-electron chi connectivity index (χ1n) is 6.09. The molecule has 2 N–H and O–H groups in total. The molecule has 0 radical (unpaired) electrons. The average molecular weight is 262 g/mol. The van der Waals surface area contributed by atoms with Crippen molar-refractivity contribution in [2.24, 2.45) is 11.7 Å². The zero-order valence-corrected chi connectivity index (χ0v) is 12.3. The minimum atomic E-state index is -0.145. The maximum absolute atomic E-state index is 5.55. The van der Waals surface area contributed by atoms with Crippen LogP contribution in [0.25, 0.3) is 0 Å². The number of nitrogens with zero attached hydrogens (tertiary/aromatic N) is 1. The van der Waals surface area contributed by atoms with Crippen molar-refractivity contribution in [3.05, 3.63) is 0 Å². The van der Waals surface area contributed by atoms with Gasteiger partial charge in [-0.15, -0.1) is 0 Å². The Labute approximate surface area is 110 Å². The van der Waals surface area contributed by atoms with Crippen LogP contribution in [0, 0.1) is 5.92 Å². The van der Waals surface area contributed by atoms with E-state index < -0.39 is 0 Å². The molecule has 0 rings (SSSR count). The molecule has 1 unspecified atom stereocenters. The average Bonchev–Trinajstić information content (AvgIpc) is 2.24. The molecule has 1 atom stereocenters. The first-order valence-corrected chi connectivity index (χ1v) is 6.50. The van der Waals surface area contributed by atoms with Gasteiger partial charge in [-0.2, -0.15) is 0 Å². The molecular weight excluding hydrogens is 236 g/mol. The van der Waals surface area contributed by atoms with Gasteiger partial charge in [0.15, 0.2) is 0 Å². The third-order valence-electron chi connectivity index (χ3n) is 2.41. The number of ether oxygens (including phenoxy) is 2. The minimum absolute atomic E-state index is 0.145.